The van der Waals surface area contributed by atoms with Crippen molar-refractivity contribution >= 4 is 35.5 Å². The molecule has 0 saturated heterocycles. The van der Waals surface area contributed by atoms with Gasteiger partial charge in [-0.1, -0.05) is 13.8 Å². The van der Waals surface area contributed by atoms with Crippen LogP contribution in [0.15, 0.2) is 48.9 Å². The number of rotatable bonds is 9. The van der Waals surface area contributed by atoms with Crippen molar-refractivity contribution < 1.29 is 18.3 Å². The number of hydrogen-bond donors (Lipinski definition) is 3. The molecule has 0 fully saturated rings. The number of amides is 1. The second-order valence-electron chi connectivity index (χ2n) is 8.29. The third kappa shape index (κ3) is 5.65. The largest absolute Gasteiger partial charge is 0.494 e. The molecule has 1 amide bonds. The zero-order chi connectivity index (χ0) is 25.8. The van der Waals surface area contributed by atoms with E-state index in [2.05, 4.69) is 20.6 Å². The SMILES string of the molecule is CCc1cc(Nc2nccn3c(-c4ccc(OC)c(F)c4F)cnc23)ccc1C(=O)NCC(N)CC.Cl. The van der Waals surface area contributed by atoms with Crippen LogP contribution in [0.4, 0.5) is 20.3 Å². The average molecular weight is 531 g/mol. The molecular formula is C26H29ClF2N6O2. The average Bonchev–Trinajstić information content (AvgIpc) is 3.33. The van der Waals surface area contributed by atoms with Crippen LogP contribution in [0.3, 0.4) is 0 Å². The Morgan fingerprint density at radius 2 is 1.95 bits per heavy atom. The zero-order valence-corrected chi connectivity index (χ0v) is 21.5. The Balaban J connectivity index is 0.00000380. The fourth-order valence-electron chi connectivity index (χ4n) is 3.88. The summed E-state index contributed by atoms with van der Waals surface area (Å²) in [4.78, 5) is 21.4. The molecule has 4 aromatic rings. The van der Waals surface area contributed by atoms with E-state index < -0.39 is 11.6 Å². The standard InChI is InChI=1S/C26H28F2N6O2.ClH/c1-4-15-12-17(6-7-18(15)26(35)32-13-16(29)5-2)33-24-25-31-14-20(34(25)11-10-30-24)19-8-9-21(36-3)23(28)22(19)27;/h6-12,14,16H,4-5,13,29H2,1-3H3,(H,30,33)(H,32,35);1H. The van der Waals surface area contributed by atoms with Crippen LogP contribution in [0.1, 0.15) is 36.2 Å². The number of aryl methyl sites for hydroxylation is 1. The van der Waals surface area contributed by atoms with Gasteiger partial charge in [-0.15, -0.1) is 12.4 Å². The second-order valence-corrected chi connectivity index (χ2v) is 8.29. The minimum Gasteiger partial charge on any atom is -0.494 e. The molecule has 0 aliphatic heterocycles. The fraction of sp³-hybridized carbons (Fsp3) is 0.269. The van der Waals surface area contributed by atoms with Crippen molar-refractivity contribution in [2.24, 2.45) is 5.73 Å². The van der Waals surface area contributed by atoms with Crippen LogP contribution in [-0.2, 0) is 6.42 Å². The van der Waals surface area contributed by atoms with E-state index in [0.717, 1.165) is 12.0 Å². The summed E-state index contributed by atoms with van der Waals surface area (Å²) in [7, 11) is 1.28. The van der Waals surface area contributed by atoms with E-state index in [0.29, 0.717) is 41.4 Å². The van der Waals surface area contributed by atoms with Gasteiger partial charge < -0.3 is 21.1 Å². The molecule has 2 aromatic heterocycles. The minimum absolute atomic E-state index is 0. The Kier molecular flexibility index (Phi) is 9.01. The first-order valence-corrected chi connectivity index (χ1v) is 11.7. The number of carbonyl (C=O) groups excluding carboxylic acids is 1. The number of hydrogen-bond acceptors (Lipinski definition) is 6. The molecule has 8 nitrogen and oxygen atoms in total. The van der Waals surface area contributed by atoms with Gasteiger partial charge in [0.2, 0.25) is 5.82 Å². The van der Waals surface area contributed by atoms with Gasteiger partial charge >= 0.3 is 0 Å². The maximum atomic E-state index is 14.7. The van der Waals surface area contributed by atoms with E-state index in [1.165, 1.54) is 31.6 Å². The highest BCUT2D eigenvalue weighted by molar-refractivity contribution is 5.96. The summed E-state index contributed by atoms with van der Waals surface area (Å²) in [5, 5.41) is 6.10. The number of nitrogens with two attached hydrogens (primary N) is 1. The van der Waals surface area contributed by atoms with Gasteiger partial charge in [0.1, 0.15) is 0 Å². The van der Waals surface area contributed by atoms with Gasteiger partial charge in [0, 0.05) is 41.8 Å². The quantitative estimate of drug-likeness (QED) is 0.285. The first-order valence-electron chi connectivity index (χ1n) is 11.7. The Hall–Kier alpha value is -3.76. The Morgan fingerprint density at radius 3 is 2.65 bits per heavy atom. The summed E-state index contributed by atoms with van der Waals surface area (Å²) in [5.41, 5.74) is 8.89. The summed E-state index contributed by atoms with van der Waals surface area (Å²) in [6, 6.07) is 8.13. The number of ether oxygens (including phenoxy) is 1. The van der Waals surface area contributed by atoms with Gasteiger partial charge in [-0.3, -0.25) is 9.20 Å². The number of nitrogens with zero attached hydrogens (tertiary/aromatic N) is 3. The van der Waals surface area contributed by atoms with Crippen LogP contribution in [0.25, 0.3) is 16.9 Å². The number of imidazole rings is 1. The Morgan fingerprint density at radius 1 is 1.16 bits per heavy atom. The lowest BCUT2D eigenvalue weighted by molar-refractivity contribution is 0.0950. The molecule has 0 radical (unpaired) electrons. The molecule has 11 heteroatoms. The number of carbonyl (C=O) groups is 1. The van der Waals surface area contributed by atoms with Gasteiger partial charge in [0.05, 0.1) is 19.0 Å². The summed E-state index contributed by atoms with van der Waals surface area (Å²) in [5.74, 6) is -2.01. The van der Waals surface area contributed by atoms with Gasteiger partial charge in [-0.05, 0) is 48.7 Å². The Labute approximate surface area is 219 Å². The fourth-order valence-corrected chi connectivity index (χ4v) is 3.88. The highest BCUT2D eigenvalue weighted by Crippen LogP contribution is 2.31. The highest BCUT2D eigenvalue weighted by atomic mass is 35.5. The summed E-state index contributed by atoms with van der Waals surface area (Å²) < 4.78 is 35.5. The van der Waals surface area contributed by atoms with Gasteiger partial charge in [-0.2, -0.15) is 4.39 Å². The summed E-state index contributed by atoms with van der Waals surface area (Å²) in [6.07, 6.45) is 6.04. The third-order valence-electron chi connectivity index (χ3n) is 6.01. The van der Waals surface area contributed by atoms with Crippen molar-refractivity contribution in [1.29, 1.82) is 0 Å². The molecule has 0 spiro atoms. The van der Waals surface area contributed by atoms with Crippen molar-refractivity contribution in [3.63, 3.8) is 0 Å². The number of fused-ring (bicyclic) bond motifs is 1. The number of nitrogens with one attached hydrogen (secondary N) is 2. The van der Waals surface area contributed by atoms with E-state index in [1.54, 1.807) is 22.7 Å². The number of halogens is 3. The molecule has 37 heavy (non-hydrogen) atoms. The van der Waals surface area contributed by atoms with Crippen molar-refractivity contribution in [3.05, 3.63) is 71.7 Å². The Bertz CT molecular complexity index is 1410. The molecule has 4 N–H and O–H groups in total. The summed E-state index contributed by atoms with van der Waals surface area (Å²) >= 11 is 0. The van der Waals surface area contributed by atoms with Crippen LogP contribution in [0.2, 0.25) is 0 Å². The minimum atomic E-state index is -1.06. The molecule has 0 bridgehead atoms. The predicted molar refractivity (Wildman–Crippen MR) is 142 cm³/mol. The molecule has 4 rings (SSSR count). The van der Waals surface area contributed by atoms with E-state index in [-0.39, 0.29) is 35.7 Å². The highest BCUT2D eigenvalue weighted by Gasteiger charge is 2.19. The molecule has 0 aliphatic carbocycles. The predicted octanol–water partition coefficient (Wildman–Crippen LogP) is 4.88. The summed E-state index contributed by atoms with van der Waals surface area (Å²) in [6.45, 7) is 4.35. The number of methoxy groups -OCH3 is 1. The molecule has 1 unspecified atom stereocenters. The lowest BCUT2D eigenvalue weighted by Crippen LogP contribution is -2.37. The third-order valence-corrected chi connectivity index (χ3v) is 6.01. The van der Waals surface area contributed by atoms with Crippen LogP contribution >= 0.6 is 12.4 Å². The van der Waals surface area contributed by atoms with Crippen molar-refractivity contribution in [3.8, 4) is 17.0 Å². The van der Waals surface area contributed by atoms with Gasteiger partial charge in [0.25, 0.3) is 5.91 Å². The monoisotopic (exact) mass is 530 g/mol. The number of benzene rings is 2. The molecule has 1 atom stereocenters. The maximum absolute atomic E-state index is 14.7. The number of anilines is 2. The van der Waals surface area contributed by atoms with Crippen LogP contribution in [-0.4, -0.2) is 40.0 Å². The zero-order valence-electron chi connectivity index (χ0n) is 20.7. The van der Waals surface area contributed by atoms with Crippen LogP contribution in [0.5, 0.6) is 5.75 Å². The maximum Gasteiger partial charge on any atom is 0.251 e. The van der Waals surface area contributed by atoms with E-state index in [9.17, 15) is 13.6 Å². The molecule has 0 saturated carbocycles. The smallest absolute Gasteiger partial charge is 0.251 e. The van der Waals surface area contributed by atoms with E-state index in [1.807, 2.05) is 19.9 Å². The van der Waals surface area contributed by atoms with E-state index in [4.69, 9.17) is 10.5 Å². The molecule has 196 valence electrons. The normalized spacial score (nSPS) is 11.6. The molecule has 2 heterocycles. The molecule has 0 aliphatic rings. The van der Waals surface area contributed by atoms with Crippen molar-refractivity contribution in [1.82, 2.24) is 19.7 Å². The lowest BCUT2D eigenvalue weighted by atomic mass is 10.0. The first kappa shape index (κ1) is 27.8. The van der Waals surface area contributed by atoms with Gasteiger partial charge in [0.15, 0.2) is 23.0 Å². The molecule has 2 aromatic carbocycles. The second kappa shape index (κ2) is 12.0. The topological polar surface area (TPSA) is 107 Å². The van der Waals surface area contributed by atoms with Crippen molar-refractivity contribution in [2.75, 3.05) is 19.0 Å². The first-order chi connectivity index (χ1) is 17.4. The lowest BCUT2D eigenvalue weighted by Gasteiger charge is -2.14. The molecular weight excluding hydrogens is 502 g/mol. The van der Waals surface area contributed by atoms with Gasteiger partial charge in [-0.25, -0.2) is 14.4 Å². The van der Waals surface area contributed by atoms with Crippen LogP contribution in [0, 0.1) is 11.6 Å². The van der Waals surface area contributed by atoms with E-state index >= 15 is 0 Å². The van der Waals surface area contributed by atoms with Crippen molar-refractivity contribution in [2.45, 2.75) is 32.7 Å². The van der Waals surface area contributed by atoms with Crippen LogP contribution < -0.4 is 21.1 Å². The number of aromatic nitrogens is 3.